The summed E-state index contributed by atoms with van der Waals surface area (Å²) >= 11 is 1.64. The predicted molar refractivity (Wildman–Crippen MR) is 57.7 cm³/mol. The summed E-state index contributed by atoms with van der Waals surface area (Å²) in [7, 11) is 1.62. The molecular formula is C10H10N2OS. The van der Waals surface area contributed by atoms with Gasteiger partial charge in [0.25, 0.3) is 5.91 Å². The van der Waals surface area contributed by atoms with E-state index in [1.54, 1.807) is 18.4 Å². The van der Waals surface area contributed by atoms with Gasteiger partial charge in [-0.25, -0.2) is 4.98 Å². The molecule has 1 aromatic carbocycles. The van der Waals surface area contributed by atoms with Crippen LogP contribution in [0.3, 0.4) is 0 Å². The molecule has 4 heteroatoms. The summed E-state index contributed by atoms with van der Waals surface area (Å²) in [6, 6.07) is 5.57. The molecule has 0 aliphatic carbocycles. The lowest BCUT2D eigenvalue weighted by Crippen LogP contribution is -2.17. The number of aromatic nitrogens is 1. The molecule has 1 amide bonds. The van der Waals surface area contributed by atoms with E-state index >= 15 is 0 Å². The smallest absolute Gasteiger partial charge is 0.251 e. The van der Waals surface area contributed by atoms with Crippen LogP contribution in [0.4, 0.5) is 0 Å². The zero-order valence-corrected chi connectivity index (χ0v) is 8.81. The second kappa shape index (κ2) is 3.38. The monoisotopic (exact) mass is 206 g/mol. The van der Waals surface area contributed by atoms with Gasteiger partial charge in [0.2, 0.25) is 0 Å². The number of nitrogens with one attached hydrogen (secondary N) is 1. The van der Waals surface area contributed by atoms with Crippen molar-refractivity contribution in [3.05, 3.63) is 28.8 Å². The van der Waals surface area contributed by atoms with Crippen LogP contribution in [0.25, 0.3) is 10.2 Å². The molecule has 0 aliphatic rings. The van der Waals surface area contributed by atoms with Crippen molar-refractivity contribution in [2.24, 2.45) is 0 Å². The summed E-state index contributed by atoms with van der Waals surface area (Å²) in [5.41, 5.74) is 1.55. The van der Waals surface area contributed by atoms with Crippen molar-refractivity contribution in [3.8, 4) is 0 Å². The number of hydrogen-bond donors (Lipinski definition) is 1. The Bertz CT molecular complexity index is 490. The summed E-state index contributed by atoms with van der Waals surface area (Å²) in [5, 5.41) is 3.61. The molecule has 0 radical (unpaired) electrons. The van der Waals surface area contributed by atoms with Gasteiger partial charge in [0, 0.05) is 12.6 Å². The summed E-state index contributed by atoms with van der Waals surface area (Å²) in [4.78, 5) is 15.7. The SMILES string of the molecule is CNC(=O)c1ccc2sc(C)nc2c1. The molecule has 1 aromatic heterocycles. The number of aryl methyl sites for hydroxylation is 1. The Balaban J connectivity index is 2.55. The second-order valence-electron chi connectivity index (χ2n) is 2.99. The van der Waals surface area contributed by atoms with Crippen LogP contribution in [-0.2, 0) is 0 Å². The maximum Gasteiger partial charge on any atom is 0.251 e. The van der Waals surface area contributed by atoms with Crippen molar-refractivity contribution < 1.29 is 4.79 Å². The topological polar surface area (TPSA) is 42.0 Å². The van der Waals surface area contributed by atoms with Crippen molar-refractivity contribution in [1.29, 1.82) is 0 Å². The molecule has 0 bridgehead atoms. The van der Waals surface area contributed by atoms with E-state index in [0.29, 0.717) is 5.56 Å². The quantitative estimate of drug-likeness (QED) is 0.775. The number of carbonyl (C=O) groups excluding carboxylic acids is 1. The highest BCUT2D eigenvalue weighted by molar-refractivity contribution is 7.18. The highest BCUT2D eigenvalue weighted by atomic mass is 32.1. The highest BCUT2D eigenvalue weighted by Gasteiger charge is 2.06. The van der Waals surface area contributed by atoms with Gasteiger partial charge in [-0.1, -0.05) is 0 Å². The van der Waals surface area contributed by atoms with Gasteiger partial charge in [-0.05, 0) is 25.1 Å². The van der Waals surface area contributed by atoms with E-state index in [-0.39, 0.29) is 5.91 Å². The third-order valence-electron chi connectivity index (χ3n) is 1.98. The number of fused-ring (bicyclic) bond motifs is 1. The molecule has 0 spiro atoms. The van der Waals surface area contributed by atoms with Gasteiger partial charge in [-0.2, -0.15) is 0 Å². The van der Waals surface area contributed by atoms with E-state index in [0.717, 1.165) is 15.2 Å². The molecule has 0 fully saturated rings. The Hall–Kier alpha value is -1.42. The number of rotatable bonds is 1. The second-order valence-corrected chi connectivity index (χ2v) is 4.23. The number of benzene rings is 1. The number of thiazole rings is 1. The predicted octanol–water partition coefficient (Wildman–Crippen LogP) is 1.96. The molecule has 0 unspecified atom stereocenters. The van der Waals surface area contributed by atoms with Crippen LogP contribution in [0.15, 0.2) is 18.2 Å². The molecule has 0 saturated heterocycles. The normalized spacial score (nSPS) is 10.4. The standard InChI is InChI=1S/C10H10N2OS/c1-6-12-8-5-7(10(13)11-2)3-4-9(8)14-6/h3-5H,1-2H3,(H,11,13). The largest absolute Gasteiger partial charge is 0.355 e. The van der Waals surface area contributed by atoms with Crippen LogP contribution in [0.2, 0.25) is 0 Å². The molecular weight excluding hydrogens is 196 g/mol. The fourth-order valence-electron chi connectivity index (χ4n) is 1.33. The Morgan fingerprint density at radius 3 is 3.00 bits per heavy atom. The first-order chi connectivity index (χ1) is 6.70. The van der Waals surface area contributed by atoms with E-state index < -0.39 is 0 Å². The Labute approximate surface area is 85.8 Å². The fourth-order valence-corrected chi connectivity index (χ4v) is 2.14. The van der Waals surface area contributed by atoms with Crippen LogP contribution in [0, 0.1) is 6.92 Å². The van der Waals surface area contributed by atoms with Crippen LogP contribution < -0.4 is 5.32 Å². The van der Waals surface area contributed by atoms with Gasteiger partial charge in [-0.15, -0.1) is 11.3 Å². The van der Waals surface area contributed by atoms with E-state index in [4.69, 9.17) is 0 Å². The zero-order chi connectivity index (χ0) is 10.1. The molecule has 2 rings (SSSR count). The highest BCUT2D eigenvalue weighted by Crippen LogP contribution is 2.22. The van der Waals surface area contributed by atoms with Crippen LogP contribution in [0.5, 0.6) is 0 Å². The van der Waals surface area contributed by atoms with Crippen LogP contribution >= 0.6 is 11.3 Å². The first-order valence-corrected chi connectivity index (χ1v) is 5.11. The minimum absolute atomic E-state index is 0.0717. The van der Waals surface area contributed by atoms with Gasteiger partial charge in [0.05, 0.1) is 15.2 Å². The molecule has 0 atom stereocenters. The average molecular weight is 206 g/mol. The molecule has 72 valence electrons. The van der Waals surface area contributed by atoms with E-state index in [2.05, 4.69) is 10.3 Å². The van der Waals surface area contributed by atoms with Crippen LogP contribution in [0.1, 0.15) is 15.4 Å². The van der Waals surface area contributed by atoms with E-state index in [1.165, 1.54) is 0 Å². The van der Waals surface area contributed by atoms with Gasteiger partial charge in [0.15, 0.2) is 0 Å². The molecule has 14 heavy (non-hydrogen) atoms. The van der Waals surface area contributed by atoms with E-state index in [1.807, 2.05) is 25.1 Å². The van der Waals surface area contributed by atoms with Crippen molar-refractivity contribution in [3.63, 3.8) is 0 Å². The Morgan fingerprint density at radius 1 is 1.50 bits per heavy atom. The third kappa shape index (κ3) is 1.48. The van der Waals surface area contributed by atoms with Crippen LogP contribution in [-0.4, -0.2) is 17.9 Å². The van der Waals surface area contributed by atoms with Crippen molar-refractivity contribution >= 4 is 27.5 Å². The first kappa shape index (κ1) is 9.15. The summed E-state index contributed by atoms with van der Waals surface area (Å²) < 4.78 is 1.12. The van der Waals surface area contributed by atoms with E-state index in [9.17, 15) is 4.79 Å². The lowest BCUT2D eigenvalue weighted by molar-refractivity contribution is 0.0963. The summed E-state index contributed by atoms with van der Waals surface area (Å²) in [6.45, 7) is 1.96. The molecule has 1 N–H and O–H groups in total. The zero-order valence-electron chi connectivity index (χ0n) is 8.00. The number of amides is 1. The summed E-state index contributed by atoms with van der Waals surface area (Å²) in [6.07, 6.45) is 0. The molecule has 0 aliphatic heterocycles. The fraction of sp³-hybridized carbons (Fsp3) is 0.200. The lowest BCUT2D eigenvalue weighted by atomic mass is 10.2. The number of nitrogens with zero attached hydrogens (tertiary/aromatic N) is 1. The summed E-state index contributed by atoms with van der Waals surface area (Å²) in [5.74, 6) is -0.0717. The molecule has 2 aromatic rings. The first-order valence-electron chi connectivity index (χ1n) is 4.30. The van der Waals surface area contributed by atoms with Crippen molar-refractivity contribution in [2.75, 3.05) is 7.05 Å². The lowest BCUT2D eigenvalue weighted by Gasteiger charge is -1.97. The van der Waals surface area contributed by atoms with Gasteiger partial charge >= 0.3 is 0 Å². The van der Waals surface area contributed by atoms with Gasteiger partial charge in [-0.3, -0.25) is 4.79 Å². The molecule has 3 nitrogen and oxygen atoms in total. The number of hydrogen-bond acceptors (Lipinski definition) is 3. The van der Waals surface area contributed by atoms with Gasteiger partial charge in [0.1, 0.15) is 0 Å². The maximum atomic E-state index is 11.3. The van der Waals surface area contributed by atoms with Crippen molar-refractivity contribution in [1.82, 2.24) is 10.3 Å². The van der Waals surface area contributed by atoms with Gasteiger partial charge < -0.3 is 5.32 Å². The third-order valence-corrected chi connectivity index (χ3v) is 2.94. The molecule has 0 saturated carbocycles. The minimum Gasteiger partial charge on any atom is -0.355 e. The maximum absolute atomic E-state index is 11.3. The Kier molecular flexibility index (Phi) is 2.21. The minimum atomic E-state index is -0.0717. The molecule has 1 heterocycles. The van der Waals surface area contributed by atoms with Crippen molar-refractivity contribution in [2.45, 2.75) is 6.92 Å². The Morgan fingerprint density at radius 2 is 2.29 bits per heavy atom. The number of carbonyl (C=O) groups is 1. The average Bonchev–Trinajstić information content (AvgIpc) is 2.55.